The van der Waals surface area contributed by atoms with E-state index in [4.69, 9.17) is 5.11 Å². The Morgan fingerprint density at radius 2 is 2.05 bits per heavy atom. The first kappa shape index (κ1) is 14.2. The zero-order valence-electron chi connectivity index (χ0n) is 12.2. The van der Waals surface area contributed by atoms with Crippen LogP contribution < -0.4 is 0 Å². The van der Waals surface area contributed by atoms with Crippen LogP contribution in [0.3, 0.4) is 0 Å². The lowest BCUT2D eigenvalue weighted by Gasteiger charge is -2.18. The van der Waals surface area contributed by atoms with Crippen LogP contribution in [0.2, 0.25) is 0 Å². The van der Waals surface area contributed by atoms with Crippen molar-refractivity contribution in [2.24, 2.45) is 0 Å². The quantitative estimate of drug-likeness (QED) is 0.933. The Bertz CT molecular complexity index is 639. The van der Waals surface area contributed by atoms with Crippen LogP contribution in [0.25, 0.3) is 5.69 Å². The molecule has 0 bridgehead atoms. The zero-order chi connectivity index (χ0) is 14.9. The van der Waals surface area contributed by atoms with E-state index in [2.05, 4.69) is 17.0 Å². The Balaban J connectivity index is 2.62. The minimum absolute atomic E-state index is 0.170. The summed E-state index contributed by atoms with van der Waals surface area (Å²) < 4.78 is 1.63. The second-order valence-corrected chi connectivity index (χ2v) is 5.75. The van der Waals surface area contributed by atoms with Gasteiger partial charge in [-0.2, -0.15) is 0 Å². The third-order valence-corrected chi connectivity index (χ3v) is 3.03. The summed E-state index contributed by atoms with van der Waals surface area (Å²) in [6.07, 6.45) is 0.916. The third kappa shape index (κ3) is 2.71. The first-order chi connectivity index (χ1) is 9.32. The predicted molar refractivity (Wildman–Crippen MR) is 76.4 cm³/mol. The van der Waals surface area contributed by atoms with Crippen molar-refractivity contribution in [3.8, 4) is 5.69 Å². The van der Waals surface area contributed by atoms with Crippen LogP contribution in [0.4, 0.5) is 0 Å². The molecule has 0 amide bonds. The number of carboxylic acid groups (broad SMARTS) is 1. The highest BCUT2D eigenvalue weighted by Gasteiger charge is 2.25. The topological polar surface area (TPSA) is 68.0 Å². The molecule has 5 nitrogen and oxygen atoms in total. The first-order valence-corrected chi connectivity index (χ1v) is 6.63. The van der Waals surface area contributed by atoms with Gasteiger partial charge in [0.05, 0.1) is 5.69 Å². The van der Waals surface area contributed by atoms with Gasteiger partial charge in [0, 0.05) is 5.41 Å². The normalized spacial score (nSPS) is 11.6. The maximum Gasteiger partial charge on any atom is 0.375 e. The number of carbonyl (C=O) groups is 1. The molecular weight excluding hydrogens is 254 g/mol. The van der Waals surface area contributed by atoms with Crippen molar-refractivity contribution < 1.29 is 9.90 Å². The lowest BCUT2D eigenvalue weighted by atomic mass is 9.95. The van der Waals surface area contributed by atoms with Gasteiger partial charge in [-0.15, -0.1) is 5.10 Å². The number of rotatable bonds is 3. The molecule has 0 unspecified atom stereocenters. The second-order valence-electron chi connectivity index (χ2n) is 5.75. The monoisotopic (exact) mass is 273 g/mol. The van der Waals surface area contributed by atoms with Crippen molar-refractivity contribution in [1.29, 1.82) is 0 Å². The number of aromatic nitrogens is 3. The van der Waals surface area contributed by atoms with Gasteiger partial charge in [-0.05, 0) is 24.1 Å². The van der Waals surface area contributed by atoms with Gasteiger partial charge in [0.25, 0.3) is 5.82 Å². The summed E-state index contributed by atoms with van der Waals surface area (Å²) in [7, 11) is 0. The fraction of sp³-hybridized carbons (Fsp3) is 0.400. The van der Waals surface area contributed by atoms with Crippen molar-refractivity contribution in [2.75, 3.05) is 0 Å². The van der Waals surface area contributed by atoms with E-state index in [0.29, 0.717) is 5.82 Å². The van der Waals surface area contributed by atoms with E-state index in [1.165, 1.54) is 5.56 Å². The lowest BCUT2D eigenvalue weighted by molar-refractivity contribution is 0.0683. The van der Waals surface area contributed by atoms with Gasteiger partial charge in [0.2, 0.25) is 0 Å². The molecule has 20 heavy (non-hydrogen) atoms. The van der Waals surface area contributed by atoms with Gasteiger partial charge in [-0.25, -0.2) is 14.5 Å². The third-order valence-electron chi connectivity index (χ3n) is 3.03. The molecule has 0 saturated carbocycles. The van der Waals surface area contributed by atoms with Crippen molar-refractivity contribution in [2.45, 2.75) is 39.5 Å². The van der Waals surface area contributed by atoms with Gasteiger partial charge in [-0.3, -0.25) is 0 Å². The van der Waals surface area contributed by atoms with E-state index >= 15 is 0 Å². The Labute approximate surface area is 118 Å². The van der Waals surface area contributed by atoms with Gasteiger partial charge < -0.3 is 5.11 Å². The van der Waals surface area contributed by atoms with Crippen molar-refractivity contribution in [1.82, 2.24) is 14.8 Å². The molecule has 1 N–H and O–H groups in total. The number of carboxylic acids is 1. The highest BCUT2D eigenvalue weighted by Crippen LogP contribution is 2.23. The summed E-state index contributed by atoms with van der Waals surface area (Å²) in [5, 5.41) is 13.2. The van der Waals surface area contributed by atoms with Crippen molar-refractivity contribution in [3.63, 3.8) is 0 Å². The first-order valence-electron chi connectivity index (χ1n) is 6.63. The minimum Gasteiger partial charge on any atom is -0.475 e. The number of aromatic carboxylic acids is 1. The number of hydrogen-bond acceptors (Lipinski definition) is 3. The Morgan fingerprint density at radius 1 is 1.35 bits per heavy atom. The molecule has 0 atom stereocenters. The summed E-state index contributed by atoms with van der Waals surface area (Å²) in [6, 6.07) is 7.91. The average molecular weight is 273 g/mol. The molecule has 2 aromatic rings. The summed E-state index contributed by atoms with van der Waals surface area (Å²) >= 11 is 0. The molecule has 2 rings (SSSR count). The average Bonchev–Trinajstić information content (AvgIpc) is 2.84. The molecule has 1 aromatic carbocycles. The maximum atomic E-state index is 11.1. The van der Waals surface area contributed by atoms with Crippen molar-refractivity contribution in [3.05, 3.63) is 41.5 Å². The fourth-order valence-electron chi connectivity index (χ4n) is 1.98. The molecule has 0 spiro atoms. The van der Waals surface area contributed by atoms with Crippen molar-refractivity contribution >= 4 is 5.97 Å². The van der Waals surface area contributed by atoms with Crippen LogP contribution in [0.5, 0.6) is 0 Å². The van der Waals surface area contributed by atoms with Crippen LogP contribution in [0.15, 0.2) is 24.3 Å². The molecule has 0 saturated heterocycles. The molecule has 0 aliphatic rings. The Hall–Kier alpha value is -2.17. The van der Waals surface area contributed by atoms with Crippen LogP contribution in [0.1, 0.15) is 49.7 Å². The van der Waals surface area contributed by atoms with Crippen LogP contribution in [-0.2, 0) is 11.8 Å². The van der Waals surface area contributed by atoms with Gasteiger partial charge in [0.1, 0.15) is 5.82 Å². The summed E-state index contributed by atoms with van der Waals surface area (Å²) in [5.41, 5.74) is 1.73. The highest BCUT2D eigenvalue weighted by atomic mass is 16.4. The summed E-state index contributed by atoms with van der Waals surface area (Å²) in [4.78, 5) is 15.3. The van der Waals surface area contributed by atoms with E-state index in [-0.39, 0.29) is 11.2 Å². The second kappa shape index (κ2) is 5.07. The number of nitrogens with zero attached hydrogens (tertiary/aromatic N) is 3. The zero-order valence-corrected chi connectivity index (χ0v) is 12.2. The smallest absolute Gasteiger partial charge is 0.375 e. The minimum atomic E-state index is -1.11. The number of hydrogen-bond donors (Lipinski definition) is 1. The lowest BCUT2D eigenvalue weighted by Crippen LogP contribution is -2.19. The molecule has 0 fully saturated rings. The van der Waals surface area contributed by atoms with E-state index < -0.39 is 5.97 Å². The van der Waals surface area contributed by atoms with Gasteiger partial charge in [0.15, 0.2) is 0 Å². The highest BCUT2D eigenvalue weighted by molar-refractivity contribution is 5.83. The number of aryl methyl sites for hydroxylation is 1. The van der Waals surface area contributed by atoms with E-state index in [0.717, 1.165) is 12.1 Å². The van der Waals surface area contributed by atoms with Gasteiger partial charge in [-0.1, -0.05) is 39.8 Å². The molecular formula is C15H19N3O2. The summed E-state index contributed by atoms with van der Waals surface area (Å²) in [6.45, 7) is 8.04. The van der Waals surface area contributed by atoms with E-state index in [9.17, 15) is 4.79 Å². The molecule has 1 aromatic heterocycles. The Kier molecular flexibility index (Phi) is 3.61. The van der Waals surface area contributed by atoms with Crippen LogP contribution >= 0.6 is 0 Å². The predicted octanol–water partition coefficient (Wildman–Crippen LogP) is 2.83. The largest absolute Gasteiger partial charge is 0.475 e. The summed E-state index contributed by atoms with van der Waals surface area (Å²) in [5.74, 6) is -0.638. The van der Waals surface area contributed by atoms with E-state index in [1.54, 1.807) is 4.68 Å². The molecule has 106 valence electrons. The fourth-order valence-corrected chi connectivity index (χ4v) is 1.98. The molecule has 0 radical (unpaired) electrons. The molecule has 0 aliphatic heterocycles. The molecule has 0 aliphatic carbocycles. The molecule has 5 heteroatoms. The van der Waals surface area contributed by atoms with Crippen LogP contribution in [-0.4, -0.2) is 25.8 Å². The molecule has 1 heterocycles. The van der Waals surface area contributed by atoms with Crippen LogP contribution in [0, 0.1) is 0 Å². The maximum absolute atomic E-state index is 11.1. The van der Waals surface area contributed by atoms with Gasteiger partial charge >= 0.3 is 5.97 Å². The van der Waals surface area contributed by atoms with E-state index in [1.807, 2.05) is 45.0 Å². The Morgan fingerprint density at radius 3 is 2.60 bits per heavy atom. The SMILES string of the molecule is CCc1cccc(-n2nc(C(=O)O)nc2C(C)(C)C)c1. The number of benzene rings is 1. The standard InChI is InChI=1S/C15H19N3O2/c1-5-10-7-6-8-11(9-10)18-14(15(2,3)4)16-12(17-18)13(19)20/h6-9H,5H2,1-4H3,(H,19,20).